The molecule has 1 aromatic rings. The van der Waals surface area contributed by atoms with Crippen LogP contribution in [-0.4, -0.2) is 39.0 Å². The molecule has 2 fully saturated rings. The minimum Gasteiger partial charge on any atom is -0.393 e. The van der Waals surface area contributed by atoms with Crippen LogP contribution in [0.2, 0.25) is 0 Å². The molecule has 0 spiro atoms. The minimum absolute atomic E-state index is 0.0102. The van der Waals surface area contributed by atoms with E-state index >= 15 is 0 Å². The molecule has 2 unspecified atom stereocenters. The van der Waals surface area contributed by atoms with Crippen LogP contribution in [0.15, 0.2) is 24.3 Å². The smallest absolute Gasteiger partial charge is 0.282 e. The lowest BCUT2D eigenvalue weighted by Gasteiger charge is -2.37. The normalized spacial score (nSPS) is 28.4. The molecule has 1 N–H and O–H groups in total. The molecule has 0 aromatic heterocycles. The highest BCUT2D eigenvalue weighted by Gasteiger charge is 2.44. The number of amides is 1. The van der Waals surface area contributed by atoms with Crippen molar-refractivity contribution in [3.8, 4) is 0 Å². The first-order valence-electron chi connectivity index (χ1n) is 6.82. The van der Waals surface area contributed by atoms with Gasteiger partial charge in [0, 0.05) is 18.2 Å². The first-order valence-corrected chi connectivity index (χ1v) is 6.82. The van der Waals surface area contributed by atoms with Gasteiger partial charge in [0.15, 0.2) is 0 Å². The summed E-state index contributed by atoms with van der Waals surface area (Å²) in [6.45, 7) is 0. The third kappa shape index (κ3) is 2.06. The van der Waals surface area contributed by atoms with Gasteiger partial charge < -0.3 is 10.0 Å². The molecule has 2 atom stereocenters. The van der Waals surface area contributed by atoms with Crippen LogP contribution in [0.5, 0.6) is 0 Å². The molecule has 2 aliphatic rings. The average Bonchev–Trinajstić information content (AvgIpc) is 2.70. The summed E-state index contributed by atoms with van der Waals surface area (Å²) in [5.41, 5.74) is -0.00573. The maximum atomic E-state index is 12.6. The van der Waals surface area contributed by atoms with Gasteiger partial charge in [-0.25, -0.2) is 0 Å². The molecule has 0 radical (unpaired) electrons. The number of aliphatic hydroxyl groups is 1. The van der Waals surface area contributed by atoms with E-state index < -0.39 is 4.92 Å². The Hall–Kier alpha value is -1.95. The molecule has 6 heteroatoms. The van der Waals surface area contributed by atoms with Crippen molar-refractivity contribution in [3.63, 3.8) is 0 Å². The van der Waals surface area contributed by atoms with Gasteiger partial charge in [0.2, 0.25) is 0 Å². The number of hydrogen-bond donors (Lipinski definition) is 1. The number of hydrogen-bond acceptors (Lipinski definition) is 4. The lowest BCUT2D eigenvalue weighted by Crippen LogP contribution is -2.48. The number of piperidine rings is 1. The zero-order chi connectivity index (χ0) is 14.3. The second kappa shape index (κ2) is 4.86. The van der Waals surface area contributed by atoms with E-state index in [4.69, 9.17) is 0 Å². The first-order chi connectivity index (χ1) is 9.58. The van der Waals surface area contributed by atoms with E-state index in [0.29, 0.717) is 12.8 Å². The van der Waals surface area contributed by atoms with Crippen LogP contribution in [0.4, 0.5) is 5.69 Å². The monoisotopic (exact) mass is 276 g/mol. The Morgan fingerprint density at radius 2 is 1.85 bits per heavy atom. The summed E-state index contributed by atoms with van der Waals surface area (Å²) in [7, 11) is 0. The molecule has 20 heavy (non-hydrogen) atoms. The molecule has 2 aliphatic heterocycles. The van der Waals surface area contributed by atoms with Crippen molar-refractivity contribution in [2.45, 2.75) is 43.9 Å². The van der Waals surface area contributed by atoms with Crippen molar-refractivity contribution in [3.05, 3.63) is 39.9 Å². The molecule has 2 bridgehead atoms. The predicted molar refractivity (Wildman–Crippen MR) is 71.3 cm³/mol. The average molecular weight is 276 g/mol. The molecular formula is C14H16N2O4. The summed E-state index contributed by atoms with van der Waals surface area (Å²) < 4.78 is 0. The summed E-state index contributed by atoms with van der Waals surface area (Å²) in [5.74, 6) is -0.281. The predicted octanol–water partition coefficient (Wildman–Crippen LogP) is 1.72. The highest BCUT2D eigenvalue weighted by molar-refractivity contribution is 5.98. The van der Waals surface area contributed by atoms with E-state index in [0.717, 1.165) is 12.8 Å². The number of fused-ring (bicyclic) bond motifs is 2. The van der Waals surface area contributed by atoms with Crippen molar-refractivity contribution in [1.29, 1.82) is 0 Å². The zero-order valence-corrected chi connectivity index (χ0v) is 10.9. The summed E-state index contributed by atoms with van der Waals surface area (Å²) in [6, 6.07) is 6.08. The molecule has 0 saturated carbocycles. The van der Waals surface area contributed by atoms with Crippen LogP contribution in [0.25, 0.3) is 0 Å². The number of carbonyl (C=O) groups is 1. The number of benzene rings is 1. The molecule has 106 valence electrons. The number of nitro benzene ring substituents is 1. The summed E-state index contributed by atoms with van der Waals surface area (Å²) >= 11 is 0. The second-order valence-electron chi connectivity index (χ2n) is 5.50. The number of rotatable bonds is 2. The Balaban J connectivity index is 1.92. The van der Waals surface area contributed by atoms with Gasteiger partial charge in [0.05, 0.1) is 11.0 Å². The molecule has 2 heterocycles. The van der Waals surface area contributed by atoms with Gasteiger partial charge in [-0.05, 0) is 31.7 Å². The van der Waals surface area contributed by atoms with E-state index in [1.165, 1.54) is 12.1 Å². The van der Waals surface area contributed by atoms with Crippen molar-refractivity contribution >= 4 is 11.6 Å². The van der Waals surface area contributed by atoms with E-state index in [-0.39, 0.29) is 35.3 Å². The fourth-order valence-electron chi connectivity index (χ4n) is 3.43. The Kier molecular flexibility index (Phi) is 3.17. The van der Waals surface area contributed by atoms with Crippen LogP contribution in [0.1, 0.15) is 36.0 Å². The van der Waals surface area contributed by atoms with Gasteiger partial charge in [-0.15, -0.1) is 0 Å². The van der Waals surface area contributed by atoms with Gasteiger partial charge >= 0.3 is 0 Å². The number of para-hydroxylation sites is 1. The van der Waals surface area contributed by atoms with Gasteiger partial charge in [-0.1, -0.05) is 12.1 Å². The summed E-state index contributed by atoms with van der Waals surface area (Å²) in [4.78, 5) is 24.9. The number of carbonyl (C=O) groups excluding carboxylic acids is 1. The van der Waals surface area contributed by atoms with Crippen LogP contribution < -0.4 is 0 Å². The minimum atomic E-state index is -0.520. The summed E-state index contributed by atoms with van der Waals surface area (Å²) in [5, 5.41) is 20.8. The largest absolute Gasteiger partial charge is 0.393 e. The second-order valence-corrected chi connectivity index (χ2v) is 5.50. The van der Waals surface area contributed by atoms with Crippen LogP contribution in [0, 0.1) is 10.1 Å². The van der Waals surface area contributed by atoms with Crippen LogP contribution in [-0.2, 0) is 0 Å². The molecule has 6 nitrogen and oxygen atoms in total. The Morgan fingerprint density at radius 3 is 2.45 bits per heavy atom. The van der Waals surface area contributed by atoms with Crippen molar-refractivity contribution in [2.24, 2.45) is 0 Å². The van der Waals surface area contributed by atoms with Crippen molar-refractivity contribution in [1.82, 2.24) is 4.90 Å². The van der Waals surface area contributed by atoms with E-state index in [1.807, 2.05) is 0 Å². The number of nitrogens with zero attached hydrogens (tertiary/aromatic N) is 2. The quantitative estimate of drug-likeness (QED) is 0.658. The number of nitro groups is 1. The third-order valence-electron chi connectivity index (χ3n) is 4.27. The standard InChI is InChI=1S/C14H16N2O4/c17-11-7-9-5-6-10(8-11)15(9)14(18)12-3-1-2-4-13(12)16(19)20/h1-4,9-11,17H,5-8H2. The first kappa shape index (κ1) is 13.1. The Bertz CT molecular complexity index is 546. The lowest BCUT2D eigenvalue weighted by molar-refractivity contribution is -0.385. The van der Waals surface area contributed by atoms with Crippen LogP contribution >= 0.6 is 0 Å². The topological polar surface area (TPSA) is 83.7 Å². The van der Waals surface area contributed by atoms with E-state index in [9.17, 15) is 20.0 Å². The molecule has 2 saturated heterocycles. The molecule has 0 aliphatic carbocycles. The SMILES string of the molecule is O=C(c1ccccc1[N+](=O)[O-])N1C2CCC1CC(O)C2. The molecule has 1 aromatic carbocycles. The number of aliphatic hydroxyl groups excluding tert-OH is 1. The van der Waals surface area contributed by atoms with Crippen LogP contribution in [0.3, 0.4) is 0 Å². The van der Waals surface area contributed by atoms with E-state index in [1.54, 1.807) is 17.0 Å². The van der Waals surface area contributed by atoms with Gasteiger partial charge in [-0.3, -0.25) is 14.9 Å². The fourth-order valence-corrected chi connectivity index (χ4v) is 3.43. The Labute approximate surface area is 116 Å². The molecular weight excluding hydrogens is 260 g/mol. The fraction of sp³-hybridized carbons (Fsp3) is 0.500. The maximum Gasteiger partial charge on any atom is 0.282 e. The molecule has 3 rings (SSSR count). The third-order valence-corrected chi connectivity index (χ3v) is 4.27. The highest BCUT2D eigenvalue weighted by Crippen LogP contribution is 2.37. The van der Waals surface area contributed by atoms with E-state index in [2.05, 4.69) is 0 Å². The molecule has 1 amide bonds. The maximum absolute atomic E-state index is 12.6. The highest BCUT2D eigenvalue weighted by atomic mass is 16.6. The van der Waals surface area contributed by atoms with Gasteiger partial charge in [0.1, 0.15) is 5.56 Å². The zero-order valence-electron chi connectivity index (χ0n) is 10.9. The Morgan fingerprint density at radius 1 is 1.25 bits per heavy atom. The van der Waals surface area contributed by atoms with Crippen molar-refractivity contribution in [2.75, 3.05) is 0 Å². The lowest BCUT2D eigenvalue weighted by atomic mass is 9.98. The van der Waals surface area contributed by atoms with Crippen molar-refractivity contribution < 1.29 is 14.8 Å². The van der Waals surface area contributed by atoms with Gasteiger partial charge in [-0.2, -0.15) is 0 Å². The summed E-state index contributed by atoms with van der Waals surface area (Å²) in [6.07, 6.45) is 2.52. The van der Waals surface area contributed by atoms with Gasteiger partial charge in [0.25, 0.3) is 11.6 Å².